The van der Waals surface area contributed by atoms with Crippen molar-refractivity contribution in [2.24, 2.45) is 7.05 Å². The van der Waals surface area contributed by atoms with Gasteiger partial charge in [-0.1, -0.05) is 11.6 Å². The fourth-order valence-corrected chi connectivity index (χ4v) is 4.71. The molecule has 0 aliphatic heterocycles. The Bertz CT molecular complexity index is 1220. The Morgan fingerprint density at radius 3 is 2.66 bits per heavy atom. The topological polar surface area (TPSA) is 93.1 Å². The zero-order valence-electron chi connectivity index (χ0n) is 15.4. The van der Waals surface area contributed by atoms with Crippen LogP contribution in [-0.4, -0.2) is 35.2 Å². The summed E-state index contributed by atoms with van der Waals surface area (Å²) in [5.41, 5.74) is 1.83. The minimum Gasteiger partial charge on any atom is -0.371 e. The summed E-state index contributed by atoms with van der Waals surface area (Å²) in [4.78, 5) is 12.7. The van der Waals surface area contributed by atoms with Gasteiger partial charge in [-0.25, -0.2) is 12.8 Å². The van der Waals surface area contributed by atoms with E-state index in [1.54, 1.807) is 25.2 Å². The fourth-order valence-electron chi connectivity index (χ4n) is 3.07. The lowest BCUT2D eigenvalue weighted by Crippen LogP contribution is -2.18. The molecule has 1 heterocycles. The van der Waals surface area contributed by atoms with E-state index in [1.807, 2.05) is 0 Å². The van der Waals surface area contributed by atoms with Gasteiger partial charge in [0.1, 0.15) is 17.4 Å². The maximum absolute atomic E-state index is 13.3. The van der Waals surface area contributed by atoms with Crippen LogP contribution in [-0.2, 0) is 16.9 Å². The smallest absolute Gasteiger partial charge is 0.274 e. The summed E-state index contributed by atoms with van der Waals surface area (Å²) >= 11 is 5.76. The van der Waals surface area contributed by atoms with Crippen LogP contribution in [0.1, 0.15) is 23.3 Å². The van der Waals surface area contributed by atoms with Gasteiger partial charge in [0.05, 0.1) is 15.8 Å². The van der Waals surface area contributed by atoms with E-state index >= 15 is 0 Å². The summed E-state index contributed by atoms with van der Waals surface area (Å²) in [7, 11) is -1.50. The molecule has 2 N–H and O–H groups in total. The lowest BCUT2D eigenvalue weighted by molar-refractivity contribution is 0.101. The van der Waals surface area contributed by atoms with E-state index in [2.05, 4.69) is 15.7 Å². The van der Waals surface area contributed by atoms with Gasteiger partial charge in [0, 0.05) is 23.8 Å². The van der Waals surface area contributed by atoms with E-state index in [0.29, 0.717) is 28.0 Å². The highest BCUT2D eigenvalue weighted by atomic mass is 35.5. The molecule has 152 valence electrons. The van der Waals surface area contributed by atoms with Gasteiger partial charge < -0.3 is 10.6 Å². The van der Waals surface area contributed by atoms with Crippen LogP contribution in [0, 0.1) is 5.82 Å². The number of hydrogen-bond acceptors (Lipinski definition) is 5. The van der Waals surface area contributed by atoms with Crippen molar-refractivity contribution < 1.29 is 17.6 Å². The van der Waals surface area contributed by atoms with Gasteiger partial charge in [-0.05, 0) is 49.2 Å². The predicted octanol–water partition coefficient (Wildman–Crippen LogP) is 3.56. The van der Waals surface area contributed by atoms with E-state index in [0.717, 1.165) is 12.8 Å². The monoisotopic (exact) mass is 436 g/mol. The Balaban J connectivity index is 1.56. The number of rotatable bonds is 6. The lowest BCUT2D eigenvalue weighted by Gasteiger charge is -2.08. The first-order valence-electron chi connectivity index (χ1n) is 8.93. The Morgan fingerprint density at radius 1 is 1.24 bits per heavy atom. The van der Waals surface area contributed by atoms with Gasteiger partial charge in [0.25, 0.3) is 5.91 Å². The minimum atomic E-state index is -3.13. The Labute approximate surface area is 171 Å². The van der Waals surface area contributed by atoms with Crippen molar-refractivity contribution in [1.29, 1.82) is 0 Å². The van der Waals surface area contributed by atoms with Crippen LogP contribution in [0.15, 0.2) is 36.4 Å². The largest absolute Gasteiger partial charge is 0.371 e. The molecule has 1 amide bonds. The molecule has 3 aromatic rings. The lowest BCUT2D eigenvalue weighted by atomic mass is 10.1. The molecule has 1 aromatic heterocycles. The second-order valence-corrected chi connectivity index (χ2v) is 9.66. The molecule has 1 aliphatic carbocycles. The fraction of sp³-hybridized carbons (Fsp3) is 0.263. The summed E-state index contributed by atoms with van der Waals surface area (Å²) < 4.78 is 38.8. The molecule has 1 fully saturated rings. The van der Waals surface area contributed by atoms with Crippen molar-refractivity contribution in [3.05, 3.63) is 52.9 Å². The van der Waals surface area contributed by atoms with Gasteiger partial charge in [-0.15, -0.1) is 0 Å². The third kappa shape index (κ3) is 4.06. The number of carbonyl (C=O) groups excluding carboxylic acids is 1. The summed E-state index contributed by atoms with van der Waals surface area (Å²) in [6.07, 6.45) is 1.45. The molecule has 29 heavy (non-hydrogen) atoms. The third-order valence-corrected chi connectivity index (χ3v) is 7.06. The molecule has 2 aromatic carbocycles. The van der Waals surface area contributed by atoms with Gasteiger partial charge >= 0.3 is 0 Å². The van der Waals surface area contributed by atoms with Crippen molar-refractivity contribution in [3.8, 4) is 0 Å². The van der Waals surface area contributed by atoms with Crippen LogP contribution in [0.3, 0.4) is 0 Å². The van der Waals surface area contributed by atoms with E-state index in [-0.39, 0.29) is 16.1 Å². The van der Waals surface area contributed by atoms with E-state index in [1.165, 1.54) is 22.9 Å². The number of nitrogens with zero attached hydrogens (tertiary/aromatic N) is 2. The summed E-state index contributed by atoms with van der Waals surface area (Å²) in [6, 6.07) is 9.03. The second kappa shape index (κ2) is 7.31. The summed E-state index contributed by atoms with van der Waals surface area (Å²) in [5, 5.41) is 10.2. The van der Waals surface area contributed by atoms with Gasteiger partial charge in [-0.3, -0.25) is 9.48 Å². The number of fused-ring (bicyclic) bond motifs is 1. The Kier molecular flexibility index (Phi) is 4.95. The summed E-state index contributed by atoms with van der Waals surface area (Å²) in [5.74, 6) is -1.12. The van der Waals surface area contributed by atoms with Crippen LogP contribution >= 0.6 is 11.6 Å². The standard InChI is InChI=1S/C19H18ClFN4O3S/c1-25-18(19(26)23-12-3-7-16(21)15(20)8-12)14-6-2-11(9-17(14)24-25)22-10-29(27,28)13-4-5-13/h2-3,6-9,13,22H,4-5,10H2,1H3,(H,23,26). The van der Waals surface area contributed by atoms with Crippen molar-refractivity contribution in [3.63, 3.8) is 0 Å². The zero-order valence-corrected chi connectivity index (χ0v) is 17.0. The van der Waals surface area contributed by atoms with Crippen molar-refractivity contribution in [1.82, 2.24) is 9.78 Å². The van der Waals surface area contributed by atoms with Crippen LogP contribution in [0.25, 0.3) is 10.9 Å². The molecule has 10 heteroatoms. The highest BCUT2D eigenvalue weighted by Gasteiger charge is 2.35. The molecule has 7 nitrogen and oxygen atoms in total. The third-order valence-electron chi connectivity index (χ3n) is 4.74. The molecule has 4 rings (SSSR count). The first kappa shape index (κ1) is 19.7. The highest BCUT2D eigenvalue weighted by Crippen LogP contribution is 2.29. The normalized spacial score (nSPS) is 14.2. The average Bonchev–Trinajstić information content (AvgIpc) is 3.46. The minimum absolute atomic E-state index is 0.0884. The number of aryl methyl sites for hydroxylation is 1. The first-order valence-corrected chi connectivity index (χ1v) is 11.0. The predicted molar refractivity (Wildman–Crippen MR) is 111 cm³/mol. The number of carbonyl (C=O) groups is 1. The summed E-state index contributed by atoms with van der Waals surface area (Å²) in [6.45, 7) is 0. The molecular formula is C19H18ClFN4O3S. The number of sulfone groups is 1. The van der Waals surface area contributed by atoms with Crippen LogP contribution in [0.4, 0.5) is 15.8 Å². The molecule has 1 aliphatic rings. The van der Waals surface area contributed by atoms with Crippen LogP contribution in [0.2, 0.25) is 5.02 Å². The molecule has 0 bridgehead atoms. The highest BCUT2D eigenvalue weighted by molar-refractivity contribution is 7.92. The number of benzene rings is 2. The van der Waals surface area contributed by atoms with E-state index < -0.39 is 21.6 Å². The Hall–Kier alpha value is -2.65. The van der Waals surface area contributed by atoms with Crippen molar-refractivity contribution in [2.75, 3.05) is 16.5 Å². The second-order valence-electron chi connectivity index (χ2n) is 6.97. The van der Waals surface area contributed by atoms with Crippen molar-refractivity contribution >= 4 is 49.6 Å². The number of amides is 1. The van der Waals surface area contributed by atoms with Gasteiger partial charge in [-0.2, -0.15) is 5.10 Å². The zero-order chi connectivity index (χ0) is 20.8. The van der Waals surface area contributed by atoms with E-state index in [4.69, 9.17) is 11.6 Å². The van der Waals surface area contributed by atoms with Crippen LogP contribution in [0.5, 0.6) is 0 Å². The average molecular weight is 437 g/mol. The van der Waals surface area contributed by atoms with Gasteiger partial charge in [0.15, 0.2) is 9.84 Å². The maximum atomic E-state index is 13.3. The maximum Gasteiger partial charge on any atom is 0.274 e. The molecule has 1 saturated carbocycles. The number of nitrogens with one attached hydrogen (secondary N) is 2. The molecule has 0 spiro atoms. The quantitative estimate of drug-likeness (QED) is 0.616. The number of aromatic nitrogens is 2. The van der Waals surface area contributed by atoms with Crippen molar-refractivity contribution in [2.45, 2.75) is 18.1 Å². The SMILES string of the molecule is Cn1nc2cc(NCS(=O)(=O)C3CC3)ccc2c1C(=O)Nc1ccc(F)c(Cl)c1. The molecule has 0 saturated heterocycles. The molecular weight excluding hydrogens is 419 g/mol. The molecule has 0 unspecified atom stereocenters. The number of anilines is 2. The number of halogens is 2. The molecule has 0 radical (unpaired) electrons. The molecule has 0 atom stereocenters. The number of hydrogen-bond donors (Lipinski definition) is 2. The first-order chi connectivity index (χ1) is 13.7. The van der Waals surface area contributed by atoms with Crippen LogP contribution < -0.4 is 10.6 Å². The Morgan fingerprint density at radius 2 is 1.97 bits per heavy atom. The van der Waals surface area contributed by atoms with Gasteiger partial charge in [0.2, 0.25) is 0 Å². The van der Waals surface area contributed by atoms with E-state index in [9.17, 15) is 17.6 Å².